The zero-order valence-electron chi connectivity index (χ0n) is 8.36. The standard InChI is InChI=1S/C10H14N2O2/c1-3-8(2)11-9-4-6-10(7-5-9)12(13)14/h4-8,11H,3H2,1-2H3/t8-/m0/s1. The Kier molecular flexibility index (Phi) is 3.45. The van der Waals surface area contributed by atoms with E-state index in [9.17, 15) is 10.1 Å². The number of hydrogen-bond donors (Lipinski definition) is 1. The van der Waals surface area contributed by atoms with Crippen LogP contribution in [0.15, 0.2) is 24.3 Å². The fraction of sp³-hybridized carbons (Fsp3) is 0.400. The third kappa shape index (κ3) is 2.73. The largest absolute Gasteiger partial charge is 0.383 e. The molecule has 0 bridgehead atoms. The van der Waals surface area contributed by atoms with Crippen molar-refractivity contribution in [1.82, 2.24) is 0 Å². The van der Waals surface area contributed by atoms with Gasteiger partial charge in [-0.25, -0.2) is 0 Å². The molecule has 1 atom stereocenters. The monoisotopic (exact) mass is 194 g/mol. The van der Waals surface area contributed by atoms with Gasteiger partial charge in [-0.3, -0.25) is 10.1 Å². The van der Waals surface area contributed by atoms with Crippen LogP contribution in [0.4, 0.5) is 11.4 Å². The van der Waals surface area contributed by atoms with Crippen LogP contribution in [0.1, 0.15) is 20.3 Å². The van der Waals surface area contributed by atoms with Gasteiger partial charge >= 0.3 is 0 Å². The molecule has 0 amide bonds. The molecule has 76 valence electrons. The van der Waals surface area contributed by atoms with Crippen LogP contribution in [0.5, 0.6) is 0 Å². The molecule has 14 heavy (non-hydrogen) atoms. The van der Waals surface area contributed by atoms with E-state index >= 15 is 0 Å². The van der Waals surface area contributed by atoms with Crippen molar-refractivity contribution in [2.45, 2.75) is 26.3 Å². The smallest absolute Gasteiger partial charge is 0.269 e. The minimum absolute atomic E-state index is 0.125. The quantitative estimate of drug-likeness (QED) is 0.592. The summed E-state index contributed by atoms with van der Waals surface area (Å²) in [6, 6.07) is 6.85. The first kappa shape index (κ1) is 10.5. The predicted molar refractivity (Wildman–Crippen MR) is 56.5 cm³/mol. The Morgan fingerprint density at radius 1 is 1.43 bits per heavy atom. The minimum atomic E-state index is -0.396. The molecule has 0 saturated heterocycles. The first-order chi connectivity index (χ1) is 6.63. The number of nitro groups is 1. The summed E-state index contributed by atoms with van der Waals surface area (Å²) in [6.45, 7) is 4.16. The van der Waals surface area contributed by atoms with Crippen molar-refractivity contribution < 1.29 is 4.92 Å². The number of non-ortho nitro benzene ring substituents is 1. The van der Waals surface area contributed by atoms with Gasteiger partial charge in [0.15, 0.2) is 0 Å². The molecule has 0 heterocycles. The van der Waals surface area contributed by atoms with Crippen LogP contribution >= 0.6 is 0 Å². The number of nitrogens with one attached hydrogen (secondary N) is 1. The summed E-state index contributed by atoms with van der Waals surface area (Å²) in [6.07, 6.45) is 1.02. The Balaban J connectivity index is 2.68. The van der Waals surface area contributed by atoms with Crippen LogP contribution in [0.3, 0.4) is 0 Å². The van der Waals surface area contributed by atoms with E-state index < -0.39 is 4.92 Å². The molecule has 0 fully saturated rings. The van der Waals surface area contributed by atoms with Crippen molar-refractivity contribution >= 4 is 11.4 Å². The maximum Gasteiger partial charge on any atom is 0.269 e. The normalized spacial score (nSPS) is 12.1. The molecule has 1 aromatic carbocycles. The summed E-state index contributed by atoms with van der Waals surface area (Å²) >= 11 is 0. The predicted octanol–water partition coefficient (Wildman–Crippen LogP) is 2.81. The SMILES string of the molecule is CC[C@H](C)Nc1ccc([N+](=O)[O-])cc1. The Hall–Kier alpha value is -1.58. The molecule has 0 aliphatic rings. The number of rotatable bonds is 4. The number of anilines is 1. The third-order valence-corrected chi connectivity index (χ3v) is 2.10. The van der Waals surface area contributed by atoms with Gasteiger partial charge in [-0.2, -0.15) is 0 Å². The number of benzene rings is 1. The molecule has 0 spiro atoms. The summed E-state index contributed by atoms with van der Waals surface area (Å²) in [7, 11) is 0. The van der Waals surface area contributed by atoms with Crippen molar-refractivity contribution in [3.8, 4) is 0 Å². The van der Waals surface area contributed by atoms with Crippen molar-refractivity contribution in [1.29, 1.82) is 0 Å². The van der Waals surface area contributed by atoms with E-state index in [1.165, 1.54) is 12.1 Å². The van der Waals surface area contributed by atoms with E-state index in [-0.39, 0.29) is 5.69 Å². The van der Waals surface area contributed by atoms with Gasteiger partial charge in [-0.1, -0.05) is 6.92 Å². The summed E-state index contributed by atoms with van der Waals surface area (Å²) in [5.41, 5.74) is 1.05. The van der Waals surface area contributed by atoms with Crippen LogP contribution in [0, 0.1) is 10.1 Å². The zero-order valence-corrected chi connectivity index (χ0v) is 8.36. The van der Waals surface area contributed by atoms with E-state index in [4.69, 9.17) is 0 Å². The molecular weight excluding hydrogens is 180 g/mol. The molecule has 1 N–H and O–H groups in total. The lowest BCUT2D eigenvalue weighted by molar-refractivity contribution is -0.384. The van der Waals surface area contributed by atoms with Crippen LogP contribution in [0.2, 0.25) is 0 Å². The van der Waals surface area contributed by atoms with Gasteiger partial charge in [0, 0.05) is 23.9 Å². The fourth-order valence-corrected chi connectivity index (χ4v) is 1.07. The summed E-state index contributed by atoms with van der Waals surface area (Å²) in [4.78, 5) is 9.98. The molecule has 1 aromatic rings. The number of nitrogens with zero attached hydrogens (tertiary/aromatic N) is 1. The molecule has 1 rings (SSSR count). The second kappa shape index (κ2) is 4.60. The van der Waals surface area contributed by atoms with Crippen molar-refractivity contribution in [3.63, 3.8) is 0 Å². The lowest BCUT2D eigenvalue weighted by Gasteiger charge is -2.12. The summed E-state index contributed by atoms with van der Waals surface area (Å²) in [5.74, 6) is 0. The highest BCUT2D eigenvalue weighted by atomic mass is 16.6. The minimum Gasteiger partial charge on any atom is -0.383 e. The van der Waals surface area contributed by atoms with Crippen molar-refractivity contribution in [2.75, 3.05) is 5.32 Å². The summed E-state index contributed by atoms with van der Waals surface area (Å²) in [5, 5.41) is 13.6. The lowest BCUT2D eigenvalue weighted by Crippen LogP contribution is -2.13. The van der Waals surface area contributed by atoms with Gasteiger partial charge in [0.05, 0.1) is 4.92 Å². The number of nitro benzene ring substituents is 1. The van der Waals surface area contributed by atoms with E-state index in [0.29, 0.717) is 6.04 Å². The molecule has 0 aliphatic heterocycles. The average Bonchev–Trinajstić information content (AvgIpc) is 2.18. The topological polar surface area (TPSA) is 55.2 Å². The molecule has 0 radical (unpaired) electrons. The van der Waals surface area contributed by atoms with Crippen LogP contribution in [0.25, 0.3) is 0 Å². The highest BCUT2D eigenvalue weighted by Gasteiger charge is 2.04. The van der Waals surface area contributed by atoms with Crippen LogP contribution in [-0.4, -0.2) is 11.0 Å². The first-order valence-corrected chi connectivity index (χ1v) is 4.64. The molecular formula is C10H14N2O2. The lowest BCUT2D eigenvalue weighted by atomic mass is 10.2. The Labute approximate surface area is 83.1 Å². The molecule has 0 unspecified atom stereocenters. The van der Waals surface area contributed by atoms with E-state index in [2.05, 4.69) is 19.2 Å². The second-order valence-electron chi connectivity index (χ2n) is 3.26. The highest BCUT2D eigenvalue weighted by molar-refractivity contribution is 5.48. The van der Waals surface area contributed by atoms with Crippen LogP contribution in [-0.2, 0) is 0 Å². The molecule has 0 aliphatic carbocycles. The molecule has 0 aromatic heterocycles. The number of hydrogen-bond acceptors (Lipinski definition) is 3. The average molecular weight is 194 g/mol. The van der Waals surface area contributed by atoms with Crippen molar-refractivity contribution in [3.05, 3.63) is 34.4 Å². The Morgan fingerprint density at radius 3 is 2.43 bits per heavy atom. The van der Waals surface area contributed by atoms with E-state index in [1.807, 2.05) is 0 Å². The Bertz CT molecular complexity index is 308. The van der Waals surface area contributed by atoms with Gasteiger partial charge in [0.2, 0.25) is 0 Å². The third-order valence-electron chi connectivity index (χ3n) is 2.10. The van der Waals surface area contributed by atoms with Gasteiger partial charge < -0.3 is 5.32 Å². The van der Waals surface area contributed by atoms with E-state index in [0.717, 1.165) is 12.1 Å². The zero-order chi connectivity index (χ0) is 10.6. The summed E-state index contributed by atoms with van der Waals surface area (Å²) < 4.78 is 0. The Morgan fingerprint density at radius 2 is 2.00 bits per heavy atom. The molecule has 4 heteroatoms. The molecule has 4 nitrogen and oxygen atoms in total. The maximum atomic E-state index is 10.4. The van der Waals surface area contributed by atoms with Crippen LogP contribution < -0.4 is 5.32 Å². The van der Waals surface area contributed by atoms with Gasteiger partial charge in [-0.05, 0) is 25.5 Å². The molecule has 0 saturated carbocycles. The first-order valence-electron chi connectivity index (χ1n) is 4.64. The maximum absolute atomic E-state index is 10.4. The second-order valence-corrected chi connectivity index (χ2v) is 3.26. The van der Waals surface area contributed by atoms with E-state index in [1.54, 1.807) is 12.1 Å². The van der Waals surface area contributed by atoms with Crippen molar-refractivity contribution in [2.24, 2.45) is 0 Å². The highest BCUT2D eigenvalue weighted by Crippen LogP contribution is 2.16. The fourth-order valence-electron chi connectivity index (χ4n) is 1.07. The van der Waals surface area contributed by atoms with Gasteiger partial charge in [-0.15, -0.1) is 0 Å². The van der Waals surface area contributed by atoms with Gasteiger partial charge in [0.1, 0.15) is 0 Å². The van der Waals surface area contributed by atoms with Gasteiger partial charge in [0.25, 0.3) is 5.69 Å².